The molecule has 1 fully saturated rings. The predicted octanol–water partition coefficient (Wildman–Crippen LogP) is 8.71. The topological polar surface area (TPSA) is 29.3 Å². The van der Waals surface area contributed by atoms with E-state index in [0.29, 0.717) is 6.04 Å². The van der Waals surface area contributed by atoms with Crippen molar-refractivity contribution in [3.05, 3.63) is 179 Å². The van der Waals surface area contributed by atoms with Crippen molar-refractivity contribution in [3.8, 4) is 0 Å². The smallest absolute Gasteiger partial charge is 0.0254 e. The number of aryl methyl sites for hydroxylation is 4. The molecule has 264 valence electrons. The molecule has 1 saturated carbocycles. The Morgan fingerprint density at radius 2 is 0.788 bits per heavy atom. The van der Waals surface area contributed by atoms with Crippen molar-refractivity contribution in [1.82, 2.24) is 4.90 Å². The van der Waals surface area contributed by atoms with E-state index in [2.05, 4.69) is 178 Å². The summed E-state index contributed by atoms with van der Waals surface area (Å²) in [6, 6.07) is 55.9. The lowest BCUT2D eigenvalue weighted by atomic mass is 9.89. The van der Waals surface area contributed by atoms with Gasteiger partial charge in [-0.3, -0.25) is 4.90 Å². The van der Waals surface area contributed by atoms with E-state index >= 15 is 0 Å². The highest BCUT2D eigenvalue weighted by Crippen LogP contribution is 2.37. The molecule has 0 radical (unpaired) electrons. The molecule has 0 saturated heterocycles. The molecule has 0 aromatic heterocycles. The van der Waals surface area contributed by atoms with Crippen LogP contribution in [-0.2, 0) is 13.1 Å². The first-order valence-electron chi connectivity index (χ1n) is 18.9. The lowest BCUT2D eigenvalue weighted by Crippen LogP contribution is -2.49. The molecule has 2 N–H and O–H groups in total. The first-order chi connectivity index (χ1) is 25.3. The first-order valence-corrected chi connectivity index (χ1v) is 21.5. The van der Waals surface area contributed by atoms with Crippen molar-refractivity contribution >= 4 is 47.7 Å². The molecule has 6 aromatic rings. The highest BCUT2D eigenvalue weighted by molar-refractivity contribution is 7.80. The van der Waals surface area contributed by atoms with Crippen LogP contribution in [-0.4, -0.2) is 17.0 Å². The molecule has 0 bridgehead atoms. The molecule has 0 amide bonds. The molecule has 0 unspecified atom stereocenters. The monoisotopic (exact) mass is 718 g/mol. The molecule has 0 heterocycles. The molecule has 52 heavy (non-hydrogen) atoms. The van der Waals surface area contributed by atoms with Crippen LogP contribution in [0.15, 0.2) is 146 Å². The van der Waals surface area contributed by atoms with Gasteiger partial charge in [0.2, 0.25) is 0 Å². The number of rotatable bonds is 11. The predicted molar refractivity (Wildman–Crippen MR) is 229 cm³/mol. The van der Waals surface area contributed by atoms with Crippen LogP contribution < -0.4 is 37.6 Å². The maximum atomic E-state index is 7.07. The van der Waals surface area contributed by atoms with E-state index in [1.165, 1.54) is 78.0 Å². The van der Waals surface area contributed by atoms with Gasteiger partial charge < -0.3 is 5.73 Å². The van der Waals surface area contributed by atoms with Gasteiger partial charge in [-0.1, -0.05) is 181 Å². The van der Waals surface area contributed by atoms with Crippen molar-refractivity contribution in [2.45, 2.75) is 78.6 Å². The molecule has 1 aliphatic rings. The molecule has 0 aliphatic heterocycles. The number of nitrogens with two attached hydrogens (primary N) is 1. The minimum absolute atomic E-state index is 0.166. The fourth-order valence-corrected chi connectivity index (χ4v) is 12.5. The normalized spacial score (nSPS) is 16.2. The van der Waals surface area contributed by atoms with Gasteiger partial charge >= 0.3 is 0 Å². The highest BCUT2D eigenvalue weighted by atomic mass is 31.1. The fraction of sp³-hybridized carbons (Fsp3) is 0.250. The highest BCUT2D eigenvalue weighted by Gasteiger charge is 2.31. The number of hydrogen-bond donors (Lipinski definition) is 1. The fourth-order valence-electron chi connectivity index (χ4n) is 7.68. The Bertz CT molecular complexity index is 1820. The summed E-state index contributed by atoms with van der Waals surface area (Å²) in [6.07, 6.45) is 4.68. The number of nitrogens with zero attached hydrogens (tertiary/aromatic N) is 1. The molecule has 6 aromatic carbocycles. The first kappa shape index (κ1) is 36.5. The van der Waals surface area contributed by atoms with Crippen LogP contribution in [0.5, 0.6) is 0 Å². The Hall–Kier alpha value is -3.90. The Morgan fingerprint density at radius 1 is 0.462 bits per heavy atom. The molecule has 7 rings (SSSR count). The Labute approximate surface area is 314 Å². The second-order valence-electron chi connectivity index (χ2n) is 14.7. The standard InChI is InChI=1S/C48H52N2P2/c1-35-17-25-41(26-18-35)51(42-27-19-36(2)20-28-42)47-15-9-5-11-39(47)33-50(46-14-8-7-13-45(46)49)34-40-12-6-10-16-48(40)52(43-29-21-37(3)22-30-43)44-31-23-38(4)24-32-44/h5-6,9-12,15-32,45-46H,7-8,13-14,33-34,49H2,1-4H3/t45-,46-/m0/s1. The van der Waals surface area contributed by atoms with Gasteiger partial charge in [0.1, 0.15) is 0 Å². The van der Waals surface area contributed by atoms with Gasteiger partial charge in [-0.2, -0.15) is 0 Å². The third-order valence-corrected chi connectivity index (χ3v) is 15.7. The second kappa shape index (κ2) is 16.8. The molecule has 4 heteroatoms. The van der Waals surface area contributed by atoms with Crippen molar-refractivity contribution in [1.29, 1.82) is 0 Å². The summed E-state index contributed by atoms with van der Waals surface area (Å²) < 4.78 is 0. The van der Waals surface area contributed by atoms with Gasteiger partial charge in [-0.25, -0.2) is 0 Å². The Morgan fingerprint density at radius 3 is 1.13 bits per heavy atom. The summed E-state index contributed by atoms with van der Waals surface area (Å²) >= 11 is 0. The van der Waals surface area contributed by atoms with E-state index in [1.54, 1.807) is 0 Å². The SMILES string of the molecule is Cc1ccc(P(c2ccc(C)cc2)c2ccccc2CN(Cc2ccccc2P(c2ccc(C)cc2)c2ccc(C)cc2)[C@H]2CCCC[C@@H]2N)cc1. The van der Waals surface area contributed by atoms with E-state index in [0.717, 1.165) is 25.9 Å². The van der Waals surface area contributed by atoms with E-state index in [9.17, 15) is 0 Å². The number of benzene rings is 6. The number of hydrogen-bond acceptors (Lipinski definition) is 2. The van der Waals surface area contributed by atoms with Gasteiger partial charge in [0.15, 0.2) is 0 Å². The second-order valence-corrected chi connectivity index (χ2v) is 19.1. The van der Waals surface area contributed by atoms with Gasteiger partial charge in [0, 0.05) is 25.2 Å². The lowest BCUT2D eigenvalue weighted by Gasteiger charge is -2.39. The van der Waals surface area contributed by atoms with Crippen LogP contribution >= 0.6 is 15.8 Å². The third kappa shape index (κ3) is 8.49. The zero-order valence-corrected chi connectivity index (χ0v) is 33.0. The van der Waals surface area contributed by atoms with Crippen LogP contribution in [0.1, 0.15) is 59.1 Å². The van der Waals surface area contributed by atoms with Crippen molar-refractivity contribution in [3.63, 3.8) is 0 Å². The van der Waals surface area contributed by atoms with Gasteiger partial charge in [0.05, 0.1) is 0 Å². The Kier molecular flexibility index (Phi) is 11.8. The summed E-state index contributed by atoms with van der Waals surface area (Å²) in [5.74, 6) is 0. The van der Waals surface area contributed by atoms with Crippen molar-refractivity contribution < 1.29 is 0 Å². The van der Waals surface area contributed by atoms with Crippen molar-refractivity contribution in [2.75, 3.05) is 0 Å². The minimum Gasteiger partial charge on any atom is -0.326 e. The zero-order chi connectivity index (χ0) is 36.0. The molecule has 0 spiro atoms. The van der Waals surface area contributed by atoms with Crippen LogP contribution in [0.3, 0.4) is 0 Å². The van der Waals surface area contributed by atoms with E-state index in [1.807, 2.05) is 0 Å². The third-order valence-electron chi connectivity index (χ3n) is 10.6. The van der Waals surface area contributed by atoms with Crippen LogP contribution in [0.25, 0.3) is 0 Å². The van der Waals surface area contributed by atoms with Gasteiger partial charge in [0.25, 0.3) is 0 Å². The lowest BCUT2D eigenvalue weighted by molar-refractivity contribution is 0.122. The zero-order valence-electron chi connectivity index (χ0n) is 31.2. The van der Waals surface area contributed by atoms with E-state index < -0.39 is 15.8 Å². The van der Waals surface area contributed by atoms with Gasteiger partial charge in [-0.15, -0.1) is 0 Å². The quantitative estimate of drug-likeness (QED) is 0.136. The maximum absolute atomic E-state index is 7.07. The van der Waals surface area contributed by atoms with E-state index in [4.69, 9.17) is 5.73 Å². The summed E-state index contributed by atoms with van der Waals surface area (Å²) in [5, 5.41) is 8.45. The summed E-state index contributed by atoms with van der Waals surface area (Å²) in [6.45, 7) is 10.5. The van der Waals surface area contributed by atoms with Crippen LogP contribution in [0.4, 0.5) is 0 Å². The molecule has 1 aliphatic carbocycles. The molecule has 2 atom stereocenters. The maximum Gasteiger partial charge on any atom is 0.0254 e. The van der Waals surface area contributed by atoms with E-state index in [-0.39, 0.29) is 6.04 Å². The molecule has 2 nitrogen and oxygen atoms in total. The summed E-state index contributed by atoms with van der Waals surface area (Å²) in [7, 11) is -1.49. The minimum atomic E-state index is -0.747. The largest absolute Gasteiger partial charge is 0.326 e. The van der Waals surface area contributed by atoms with Crippen LogP contribution in [0.2, 0.25) is 0 Å². The van der Waals surface area contributed by atoms with Gasteiger partial charge in [-0.05, 0) is 99.3 Å². The molecular formula is C48H52N2P2. The summed E-state index contributed by atoms with van der Waals surface area (Å²) in [5.41, 5.74) is 15.1. The average molecular weight is 719 g/mol. The van der Waals surface area contributed by atoms with Crippen LogP contribution in [0, 0.1) is 27.7 Å². The molecular weight excluding hydrogens is 666 g/mol. The van der Waals surface area contributed by atoms with Crippen molar-refractivity contribution in [2.24, 2.45) is 5.73 Å². The Balaban J connectivity index is 1.31. The summed E-state index contributed by atoms with van der Waals surface area (Å²) in [4.78, 5) is 2.75. The average Bonchev–Trinajstić information content (AvgIpc) is 3.16.